The molecule has 0 unspecified atom stereocenters. The number of ketones is 1. The van der Waals surface area contributed by atoms with Crippen molar-refractivity contribution in [2.24, 2.45) is 0 Å². The molecule has 0 aromatic carbocycles. The molecule has 47 valence electrons. The molecule has 0 aliphatic heterocycles. The minimum atomic E-state index is 0.167. The van der Waals surface area contributed by atoms with Crippen LogP contribution < -0.4 is 0 Å². The molecular formula is C3H6Br2CoO. The van der Waals surface area contributed by atoms with E-state index in [4.69, 9.17) is 0 Å². The Morgan fingerprint density at radius 1 is 1.43 bits per heavy atom. The molecule has 4 heteroatoms. The Morgan fingerprint density at radius 3 is 1.43 bits per heavy atom. The van der Waals surface area contributed by atoms with E-state index in [1.165, 1.54) is 13.8 Å². The SMILES string of the molecule is CC(C)=O.[Br][Co][Br]. The van der Waals surface area contributed by atoms with Crippen molar-refractivity contribution in [1.29, 1.82) is 0 Å². The normalized spacial score (nSPS) is 6.86. The van der Waals surface area contributed by atoms with Gasteiger partial charge in [-0.15, -0.1) is 0 Å². The summed E-state index contributed by atoms with van der Waals surface area (Å²) in [5, 5.41) is 0. The molecule has 0 heterocycles. The van der Waals surface area contributed by atoms with E-state index in [1.807, 2.05) is 0 Å². The third-order valence-electron chi connectivity index (χ3n) is 0. The predicted octanol–water partition coefficient (Wildman–Crippen LogP) is 2.28. The monoisotopic (exact) mass is 275 g/mol. The molecule has 0 radical (unpaired) electrons. The Labute approximate surface area is 63.7 Å². The van der Waals surface area contributed by atoms with E-state index in [9.17, 15) is 4.79 Å². The molecule has 1 nitrogen and oxygen atoms in total. The summed E-state index contributed by atoms with van der Waals surface area (Å²) in [6, 6.07) is 0. The minimum absolute atomic E-state index is 0.167. The summed E-state index contributed by atoms with van der Waals surface area (Å²) in [7, 11) is 0. The first-order valence-electron chi connectivity index (χ1n) is 1.46. The molecule has 0 aliphatic rings. The first-order chi connectivity index (χ1) is 3.15. The molecule has 0 N–H and O–H groups in total. The molecule has 0 bridgehead atoms. The fraction of sp³-hybridized carbons (Fsp3) is 0.667. The Kier molecular flexibility index (Phi) is 16.0. The van der Waals surface area contributed by atoms with Gasteiger partial charge in [-0.25, -0.2) is 0 Å². The second kappa shape index (κ2) is 10.2. The van der Waals surface area contributed by atoms with Crippen LogP contribution in [0.1, 0.15) is 13.8 Å². The summed E-state index contributed by atoms with van der Waals surface area (Å²) < 4.78 is 0. The van der Waals surface area contributed by atoms with Crippen LogP contribution in [0.5, 0.6) is 0 Å². The van der Waals surface area contributed by atoms with E-state index in [2.05, 4.69) is 28.3 Å². The van der Waals surface area contributed by atoms with Crippen LogP contribution in [-0.2, 0) is 15.9 Å². The Bertz CT molecular complexity index is 44.2. The molecule has 0 atom stereocenters. The molecule has 0 aromatic heterocycles. The van der Waals surface area contributed by atoms with Crippen molar-refractivity contribution >= 4 is 34.1 Å². The van der Waals surface area contributed by atoms with E-state index in [0.29, 0.717) is 0 Å². The van der Waals surface area contributed by atoms with Crippen molar-refractivity contribution in [2.45, 2.75) is 13.8 Å². The van der Waals surface area contributed by atoms with Crippen molar-refractivity contribution in [3.8, 4) is 0 Å². The standard InChI is InChI=1S/C3H6O.2BrH.Co/c1-3(2)4;;;/h1-2H3;2*1H;/q;;;+2/p-2. The third kappa shape index (κ3) is 146. The number of halogens is 2. The summed E-state index contributed by atoms with van der Waals surface area (Å²) in [6.45, 7) is 3.06. The van der Waals surface area contributed by atoms with Crippen molar-refractivity contribution in [1.82, 2.24) is 0 Å². The summed E-state index contributed by atoms with van der Waals surface area (Å²) >= 11 is 7.12. The summed E-state index contributed by atoms with van der Waals surface area (Å²) in [5.74, 6) is 0.167. The zero-order valence-electron chi connectivity index (χ0n) is 4.00. The van der Waals surface area contributed by atoms with Crippen molar-refractivity contribution in [3.05, 3.63) is 0 Å². The number of hydrogen-bond acceptors (Lipinski definition) is 1. The molecule has 0 spiro atoms. The van der Waals surface area contributed by atoms with Gasteiger partial charge in [0.2, 0.25) is 0 Å². The van der Waals surface area contributed by atoms with Gasteiger partial charge >= 0.3 is 39.5 Å². The molecule has 0 saturated heterocycles. The van der Waals surface area contributed by atoms with Crippen LogP contribution >= 0.6 is 28.3 Å². The van der Waals surface area contributed by atoms with Gasteiger partial charge in [-0.3, -0.25) is 0 Å². The van der Waals surface area contributed by atoms with Crippen LogP contribution in [0, 0.1) is 0 Å². The van der Waals surface area contributed by atoms with Crippen LogP contribution in [0.2, 0.25) is 0 Å². The average molecular weight is 277 g/mol. The number of carbonyl (C=O) groups is 1. The maximum atomic E-state index is 9.44. The van der Waals surface area contributed by atoms with Crippen LogP contribution in [0.4, 0.5) is 0 Å². The van der Waals surface area contributed by atoms with Gasteiger partial charge in [-0.05, 0) is 13.8 Å². The molecular weight excluding hydrogens is 271 g/mol. The summed E-state index contributed by atoms with van der Waals surface area (Å²) in [6.07, 6.45) is 0. The van der Waals surface area contributed by atoms with Crippen molar-refractivity contribution in [2.75, 3.05) is 0 Å². The molecule has 7 heavy (non-hydrogen) atoms. The van der Waals surface area contributed by atoms with E-state index >= 15 is 0 Å². The van der Waals surface area contributed by atoms with Gasteiger partial charge in [0.15, 0.2) is 0 Å². The van der Waals surface area contributed by atoms with E-state index in [1.54, 1.807) is 0 Å². The Balaban J connectivity index is 0. The molecule has 0 rings (SSSR count). The van der Waals surface area contributed by atoms with Gasteiger partial charge in [-0.2, -0.15) is 0 Å². The topological polar surface area (TPSA) is 17.1 Å². The van der Waals surface area contributed by atoms with Gasteiger partial charge in [0, 0.05) is 0 Å². The molecule has 0 aliphatic carbocycles. The third-order valence-corrected chi connectivity index (χ3v) is 0. The summed E-state index contributed by atoms with van der Waals surface area (Å²) in [5.41, 5.74) is 0. The molecule has 0 fully saturated rings. The fourth-order valence-corrected chi connectivity index (χ4v) is 0. The van der Waals surface area contributed by atoms with Crippen LogP contribution in [0.25, 0.3) is 0 Å². The number of rotatable bonds is 0. The maximum absolute atomic E-state index is 9.44. The molecule has 0 saturated carbocycles. The Morgan fingerprint density at radius 2 is 1.43 bits per heavy atom. The number of Topliss-reactive ketones (excluding diaryl/α,β-unsaturated/α-hetero) is 1. The van der Waals surface area contributed by atoms with Gasteiger partial charge < -0.3 is 4.79 Å². The molecule has 0 amide bonds. The second-order valence-corrected chi connectivity index (χ2v) is 6.21. The van der Waals surface area contributed by atoms with E-state index in [-0.39, 0.29) is 5.78 Å². The van der Waals surface area contributed by atoms with E-state index in [0.717, 1.165) is 11.1 Å². The van der Waals surface area contributed by atoms with Gasteiger partial charge in [-0.1, -0.05) is 0 Å². The van der Waals surface area contributed by atoms with Gasteiger partial charge in [0.05, 0.1) is 0 Å². The Hall–Kier alpha value is 1.14. The van der Waals surface area contributed by atoms with Gasteiger partial charge in [0.1, 0.15) is 5.78 Å². The van der Waals surface area contributed by atoms with Crippen molar-refractivity contribution in [3.63, 3.8) is 0 Å². The van der Waals surface area contributed by atoms with Crippen molar-refractivity contribution < 1.29 is 15.9 Å². The zero-order chi connectivity index (χ0) is 6.28. The predicted molar refractivity (Wildman–Crippen MR) is 34.2 cm³/mol. The summed E-state index contributed by atoms with van der Waals surface area (Å²) in [4.78, 5) is 9.44. The van der Waals surface area contributed by atoms with E-state index < -0.39 is 0 Å². The first kappa shape index (κ1) is 11.0. The zero-order valence-corrected chi connectivity index (χ0v) is 8.21. The van der Waals surface area contributed by atoms with Crippen LogP contribution in [0.3, 0.4) is 0 Å². The number of carbonyl (C=O) groups excluding carboxylic acids is 1. The number of hydrogen-bond donors (Lipinski definition) is 0. The van der Waals surface area contributed by atoms with Crippen LogP contribution in [-0.4, -0.2) is 5.78 Å². The first-order valence-corrected chi connectivity index (χ1v) is 6.60. The van der Waals surface area contributed by atoms with Crippen LogP contribution in [0.15, 0.2) is 0 Å². The molecule has 0 aromatic rings. The quantitative estimate of drug-likeness (QED) is 0.663. The second-order valence-electron chi connectivity index (χ2n) is 0.956. The van der Waals surface area contributed by atoms with Gasteiger partial charge in [0.25, 0.3) is 0 Å². The fourth-order valence-electron chi connectivity index (χ4n) is 0. The average Bonchev–Trinajstić information content (AvgIpc) is 1.33.